The van der Waals surface area contributed by atoms with Gasteiger partial charge in [0, 0.05) is 5.57 Å². The van der Waals surface area contributed by atoms with Crippen molar-refractivity contribution in [1.29, 1.82) is 0 Å². The molecule has 0 atom stereocenters. The van der Waals surface area contributed by atoms with Gasteiger partial charge in [-0.1, -0.05) is 30.4 Å². The highest BCUT2D eigenvalue weighted by molar-refractivity contribution is 5.87. The second kappa shape index (κ2) is 5.35. The van der Waals surface area contributed by atoms with Gasteiger partial charge in [-0.15, -0.1) is 0 Å². The molecule has 0 aromatic heterocycles. The summed E-state index contributed by atoms with van der Waals surface area (Å²) in [7, 11) is 1.36. The summed E-state index contributed by atoms with van der Waals surface area (Å²) in [5.74, 6) is -0.303. The van der Waals surface area contributed by atoms with Crippen molar-refractivity contribution in [2.24, 2.45) is 0 Å². The lowest BCUT2D eigenvalue weighted by atomic mass is 10.2. The molecule has 0 spiro atoms. The number of hydrogen-bond donors (Lipinski definition) is 0. The molecule has 12 heavy (non-hydrogen) atoms. The molecule has 0 saturated carbocycles. The summed E-state index contributed by atoms with van der Waals surface area (Å²) < 4.78 is 4.52. The average Bonchev–Trinajstić information content (AvgIpc) is 2.11. The normalized spacial score (nSPS) is 12.6. The molecule has 0 aromatic rings. The van der Waals surface area contributed by atoms with Crippen LogP contribution < -0.4 is 0 Å². The van der Waals surface area contributed by atoms with Gasteiger partial charge in [0.25, 0.3) is 0 Å². The van der Waals surface area contributed by atoms with Crippen LogP contribution in [0.25, 0.3) is 0 Å². The third kappa shape index (κ3) is 3.76. The smallest absolute Gasteiger partial charge is 0.333 e. The molecule has 0 N–H and O–H groups in total. The molecule has 0 unspecified atom stereocenters. The maximum atomic E-state index is 10.9. The Morgan fingerprint density at radius 2 is 1.92 bits per heavy atom. The van der Waals surface area contributed by atoms with Gasteiger partial charge in [-0.3, -0.25) is 0 Å². The maximum absolute atomic E-state index is 10.9. The average molecular weight is 166 g/mol. The third-order valence-electron chi connectivity index (χ3n) is 1.43. The summed E-state index contributed by atoms with van der Waals surface area (Å²) in [5, 5.41) is 0. The lowest BCUT2D eigenvalue weighted by molar-refractivity contribution is -0.136. The fourth-order valence-electron chi connectivity index (χ4n) is 0.554. The molecule has 2 heteroatoms. The van der Waals surface area contributed by atoms with Crippen molar-refractivity contribution in [3.8, 4) is 0 Å². The minimum absolute atomic E-state index is 0.303. The van der Waals surface area contributed by atoms with Crippen molar-refractivity contribution < 1.29 is 9.53 Å². The first-order valence-corrected chi connectivity index (χ1v) is 3.67. The Morgan fingerprint density at radius 1 is 1.33 bits per heavy atom. The van der Waals surface area contributed by atoms with Gasteiger partial charge in [-0.05, 0) is 13.8 Å². The summed E-state index contributed by atoms with van der Waals surface area (Å²) >= 11 is 0. The Kier molecular flexibility index (Phi) is 4.77. The van der Waals surface area contributed by atoms with E-state index in [2.05, 4.69) is 11.3 Å². The predicted octanol–water partition coefficient (Wildman–Crippen LogP) is 2.24. The molecule has 66 valence electrons. The summed E-state index contributed by atoms with van der Waals surface area (Å²) in [6.07, 6.45) is 5.25. The Morgan fingerprint density at radius 3 is 2.33 bits per heavy atom. The summed E-state index contributed by atoms with van der Waals surface area (Å²) in [5.41, 5.74) is 1.59. The number of carbonyl (C=O) groups excluding carboxylic acids is 1. The fourth-order valence-corrected chi connectivity index (χ4v) is 0.554. The monoisotopic (exact) mass is 166 g/mol. The van der Waals surface area contributed by atoms with Crippen molar-refractivity contribution in [3.63, 3.8) is 0 Å². The second-order valence-electron chi connectivity index (χ2n) is 2.46. The molecule has 0 bridgehead atoms. The number of methoxy groups -OCH3 is 1. The zero-order valence-electron chi connectivity index (χ0n) is 7.76. The van der Waals surface area contributed by atoms with Crippen molar-refractivity contribution >= 4 is 5.97 Å². The van der Waals surface area contributed by atoms with Crippen LogP contribution in [0, 0.1) is 0 Å². The van der Waals surface area contributed by atoms with Crippen molar-refractivity contribution in [2.75, 3.05) is 7.11 Å². The highest BCUT2D eigenvalue weighted by Gasteiger charge is 1.99. The van der Waals surface area contributed by atoms with Gasteiger partial charge in [0.05, 0.1) is 7.11 Å². The van der Waals surface area contributed by atoms with Crippen LogP contribution in [0.4, 0.5) is 0 Å². The van der Waals surface area contributed by atoms with E-state index < -0.39 is 0 Å². The zero-order valence-corrected chi connectivity index (χ0v) is 7.76. The van der Waals surface area contributed by atoms with E-state index in [9.17, 15) is 4.79 Å². The second-order valence-corrected chi connectivity index (χ2v) is 2.46. The first-order chi connectivity index (χ1) is 5.61. The Labute approximate surface area is 73.2 Å². The fraction of sp³-hybridized carbons (Fsp3) is 0.300. The number of allylic oxidation sites excluding steroid dienone is 4. The van der Waals surface area contributed by atoms with E-state index in [1.165, 1.54) is 7.11 Å². The molecule has 0 saturated heterocycles. The van der Waals surface area contributed by atoms with Crippen LogP contribution in [0.2, 0.25) is 0 Å². The van der Waals surface area contributed by atoms with Gasteiger partial charge in [-0.25, -0.2) is 4.79 Å². The van der Waals surface area contributed by atoms with Crippen LogP contribution >= 0.6 is 0 Å². The number of esters is 1. The third-order valence-corrected chi connectivity index (χ3v) is 1.43. The molecule has 2 nitrogen and oxygen atoms in total. The minimum atomic E-state index is -0.303. The van der Waals surface area contributed by atoms with Crippen molar-refractivity contribution in [3.05, 3.63) is 36.0 Å². The minimum Gasteiger partial charge on any atom is -0.466 e. The number of hydrogen-bond acceptors (Lipinski definition) is 2. The van der Waals surface area contributed by atoms with E-state index >= 15 is 0 Å². The van der Waals surface area contributed by atoms with E-state index in [-0.39, 0.29) is 5.97 Å². The number of rotatable bonds is 3. The zero-order chi connectivity index (χ0) is 9.56. The lowest BCUT2D eigenvalue weighted by Crippen LogP contribution is -2.00. The first kappa shape index (κ1) is 10.7. The van der Waals surface area contributed by atoms with E-state index in [4.69, 9.17) is 0 Å². The highest BCUT2D eigenvalue weighted by Crippen LogP contribution is 1.99. The largest absolute Gasteiger partial charge is 0.466 e. The molecule has 0 heterocycles. The van der Waals surface area contributed by atoms with Crippen LogP contribution in [0.15, 0.2) is 36.0 Å². The summed E-state index contributed by atoms with van der Waals surface area (Å²) in [6, 6.07) is 0. The van der Waals surface area contributed by atoms with Crippen LogP contribution in [0.5, 0.6) is 0 Å². The molecule has 0 rings (SSSR count). The Hall–Kier alpha value is -1.31. The predicted molar refractivity (Wildman–Crippen MR) is 49.7 cm³/mol. The van der Waals surface area contributed by atoms with E-state index in [1.807, 2.05) is 13.0 Å². The molecule has 0 amide bonds. The topological polar surface area (TPSA) is 26.3 Å². The van der Waals surface area contributed by atoms with Crippen molar-refractivity contribution in [1.82, 2.24) is 0 Å². The van der Waals surface area contributed by atoms with Crippen molar-refractivity contribution in [2.45, 2.75) is 13.8 Å². The molecule has 0 aliphatic carbocycles. The van der Waals surface area contributed by atoms with Gasteiger partial charge in [0.15, 0.2) is 0 Å². The van der Waals surface area contributed by atoms with Gasteiger partial charge in [-0.2, -0.15) is 0 Å². The molecular weight excluding hydrogens is 152 g/mol. The SMILES string of the molecule is C=CC(C)=CC=C(C)C(=O)OC. The molecule has 0 aliphatic heterocycles. The van der Waals surface area contributed by atoms with Crippen LogP contribution in [-0.2, 0) is 9.53 Å². The van der Waals surface area contributed by atoms with Crippen LogP contribution in [0.1, 0.15) is 13.8 Å². The molecular formula is C10H14O2. The molecule has 0 aliphatic rings. The number of ether oxygens (including phenoxy) is 1. The molecule has 0 fully saturated rings. The van der Waals surface area contributed by atoms with Gasteiger partial charge >= 0.3 is 5.97 Å². The van der Waals surface area contributed by atoms with Gasteiger partial charge < -0.3 is 4.74 Å². The summed E-state index contributed by atoms with van der Waals surface area (Å²) in [6.45, 7) is 7.21. The van der Waals surface area contributed by atoms with Crippen LogP contribution in [-0.4, -0.2) is 13.1 Å². The molecule has 0 aromatic carbocycles. The van der Waals surface area contributed by atoms with Gasteiger partial charge in [0.1, 0.15) is 0 Å². The van der Waals surface area contributed by atoms with E-state index in [0.29, 0.717) is 5.57 Å². The maximum Gasteiger partial charge on any atom is 0.333 e. The van der Waals surface area contributed by atoms with Crippen LogP contribution in [0.3, 0.4) is 0 Å². The first-order valence-electron chi connectivity index (χ1n) is 3.67. The Bertz CT molecular complexity index is 234. The van der Waals surface area contributed by atoms with E-state index in [1.54, 1.807) is 19.1 Å². The molecule has 0 radical (unpaired) electrons. The lowest BCUT2D eigenvalue weighted by Gasteiger charge is -1.95. The highest BCUT2D eigenvalue weighted by atomic mass is 16.5. The standard InChI is InChI=1S/C10H14O2/c1-5-8(2)6-7-9(3)10(11)12-4/h5-7H,1H2,2-4H3. The Balaban J connectivity index is 4.37. The van der Waals surface area contributed by atoms with Gasteiger partial charge in [0.2, 0.25) is 0 Å². The van der Waals surface area contributed by atoms with E-state index in [0.717, 1.165) is 5.57 Å². The quantitative estimate of drug-likeness (QED) is 0.365. The summed E-state index contributed by atoms with van der Waals surface area (Å²) in [4.78, 5) is 10.9. The number of carbonyl (C=O) groups is 1.